The highest BCUT2D eigenvalue weighted by molar-refractivity contribution is 7.86. The first-order valence-corrected chi connectivity index (χ1v) is 15.1. The van der Waals surface area contributed by atoms with E-state index in [9.17, 15) is 13.2 Å². The van der Waals surface area contributed by atoms with Crippen molar-refractivity contribution in [2.24, 2.45) is 0 Å². The molecule has 3 rings (SSSR count). The van der Waals surface area contributed by atoms with Crippen molar-refractivity contribution in [2.75, 3.05) is 0 Å². The molecule has 1 unspecified atom stereocenters. The van der Waals surface area contributed by atoms with Crippen molar-refractivity contribution in [2.45, 2.75) is 88.6 Å². The summed E-state index contributed by atoms with van der Waals surface area (Å²) in [5, 5.41) is 0. The molecule has 198 valence electrons. The van der Waals surface area contributed by atoms with Crippen molar-refractivity contribution < 1.29 is 17.4 Å². The lowest BCUT2D eigenvalue weighted by atomic mass is 10.0. The Morgan fingerprint density at radius 2 is 1.19 bits per heavy atom. The topological polar surface area (TPSA) is 60.4 Å². The molecule has 0 saturated carbocycles. The molecule has 1 atom stereocenters. The number of unbranched alkanes of at least 4 members (excludes halogenated alkanes) is 9. The minimum absolute atomic E-state index is 0.146. The molecule has 0 amide bonds. The molecule has 0 fully saturated rings. The third kappa shape index (κ3) is 9.24. The maximum atomic E-state index is 13.5. The second kappa shape index (κ2) is 15.5. The average molecular weight is 521 g/mol. The van der Waals surface area contributed by atoms with E-state index in [2.05, 4.69) is 6.92 Å². The number of aryl methyl sites for hydroxylation is 1. The highest BCUT2D eigenvalue weighted by Crippen LogP contribution is 2.29. The predicted octanol–water partition coefficient (Wildman–Crippen LogP) is 8.48. The minimum Gasteiger partial charge on any atom is -0.291 e. The molecule has 0 aromatic heterocycles. The smallest absolute Gasteiger partial charge is 0.291 e. The summed E-state index contributed by atoms with van der Waals surface area (Å²) >= 11 is 0. The summed E-state index contributed by atoms with van der Waals surface area (Å²) in [6.07, 6.45) is 11.7. The molecule has 4 nitrogen and oxygen atoms in total. The van der Waals surface area contributed by atoms with Crippen LogP contribution < -0.4 is 0 Å². The van der Waals surface area contributed by atoms with Gasteiger partial charge in [-0.2, -0.15) is 8.42 Å². The normalized spacial score (nSPS) is 12.4. The summed E-state index contributed by atoms with van der Waals surface area (Å²) in [6, 6.07) is 24.5. The van der Waals surface area contributed by atoms with E-state index < -0.39 is 16.2 Å². The molecule has 3 aromatic rings. The maximum absolute atomic E-state index is 13.5. The molecular weight excluding hydrogens is 480 g/mol. The van der Waals surface area contributed by atoms with Gasteiger partial charge in [-0.25, -0.2) is 4.18 Å². The van der Waals surface area contributed by atoms with Crippen LogP contribution in [0.25, 0.3) is 0 Å². The monoisotopic (exact) mass is 520 g/mol. The van der Waals surface area contributed by atoms with Gasteiger partial charge in [-0.15, -0.1) is 0 Å². The second-order valence-corrected chi connectivity index (χ2v) is 11.2. The fourth-order valence-corrected chi connectivity index (χ4v) is 5.86. The molecule has 0 radical (unpaired) electrons. The molecule has 0 saturated heterocycles. The molecule has 0 aliphatic carbocycles. The molecule has 0 aliphatic rings. The lowest BCUT2D eigenvalue weighted by Gasteiger charge is -2.18. The van der Waals surface area contributed by atoms with Gasteiger partial charge in [-0.3, -0.25) is 4.79 Å². The van der Waals surface area contributed by atoms with Gasteiger partial charge in [-0.1, -0.05) is 144 Å². The van der Waals surface area contributed by atoms with Gasteiger partial charge < -0.3 is 0 Å². The van der Waals surface area contributed by atoms with Crippen molar-refractivity contribution in [1.82, 2.24) is 0 Å². The van der Waals surface area contributed by atoms with Crippen LogP contribution in [-0.4, -0.2) is 14.2 Å². The van der Waals surface area contributed by atoms with Gasteiger partial charge >= 0.3 is 0 Å². The highest BCUT2D eigenvalue weighted by atomic mass is 32.2. The molecule has 3 aromatic carbocycles. The van der Waals surface area contributed by atoms with Gasteiger partial charge in [0.25, 0.3) is 10.1 Å². The van der Waals surface area contributed by atoms with Crippen molar-refractivity contribution in [3.05, 3.63) is 102 Å². The third-order valence-corrected chi connectivity index (χ3v) is 8.05. The summed E-state index contributed by atoms with van der Waals surface area (Å²) in [5.74, 6) is -0.387. The molecule has 37 heavy (non-hydrogen) atoms. The number of carbonyl (C=O) groups excluding carboxylic acids is 1. The Hall–Kier alpha value is -2.76. The van der Waals surface area contributed by atoms with Gasteiger partial charge in [0.2, 0.25) is 0 Å². The van der Waals surface area contributed by atoms with Crippen molar-refractivity contribution in [3.8, 4) is 0 Å². The Morgan fingerprint density at radius 3 is 1.81 bits per heavy atom. The van der Waals surface area contributed by atoms with Gasteiger partial charge in [0.1, 0.15) is 0 Å². The van der Waals surface area contributed by atoms with Crippen LogP contribution in [0.4, 0.5) is 0 Å². The highest BCUT2D eigenvalue weighted by Gasteiger charge is 2.30. The maximum Gasteiger partial charge on any atom is 0.298 e. The van der Waals surface area contributed by atoms with E-state index in [-0.39, 0.29) is 10.7 Å². The summed E-state index contributed by atoms with van der Waals surface area (Å²) in [4.78, 5) is 13.5. The Balaban J connectivity index is 1.64. The van der Waals surface area contributed by atoms with E-state index in [1.165, 1.54) is 51.4 Å². The Bertz CT molecular complexity index is 1170. The number of hydrogen-bond acceptors (Lipinski definition) is 4. The second-order valence-electron chi connectivity index (χ2n) is 9.61. The van der Waals surface area contributed by atoms with Crippen LogP contribution in [0, 0.1) is 0 Å². The van der Waals surface area contributed by atoms with Gasteiger partial charge in [0.15, 0.2) is 11.9 Å². The Morgan fingerprint density at radius 1 is 0.676 bits per heavy atom. The number of ketones is 1. The molecule has 0 spiro atoms. The quantitative estimate of drug-likeness (QED) is 0.102. The first kappa shape index (κ1) is 28.8. The van der Waals surface area contributed by atoms with E-state index >= 15 is 0 Å². The first-order valence-electron chi connectivity index (χ1n) is 13.7. The zero-order valence-corrected chi connectivity index (χ0v) is 22.8. The minimum atomic E-state index is -4.17. The summed E-state index contributed by atoms with van der Waals surface area (Å²) < 4.78 is 32.6. The number of Topliss-reactive ketones (excluding diaryl/α,β-unsaturated/α-hetero) is 1. The van der Waals surface area contributed by atoms with Crippen molar-refractivity contribution in [3.63, 3.8) is 0 Å². The zero-order chi connectivity index (χ0) is 26.3. The number of rotatable bonds is 17. The fourth-order valence-electron chi connectivity index (χ4n) is 4.57. The van der Waals surface area contributed by atoms with Crippen LogP contribution in [0.15, 0.2) is 89.8 Å². The van der Waals surface area contributed by atoms with Crippen molar-refractivity contribution in [1.29, 1.82) is 0 Å². The van der Waals surface area contributed by atoms with Crippen molar-refractivity contribution >= 4 is 15.9 Å². The fraction of sp³-hybridized carbons (Fsp3) is 0.406. The number of hydrogen-bond donors (Lipinski definition) is 0. The van der Waals surface area contributed by atoms with Crippen LogP contribution in [0.5, 0.6) is 0 Å². The predicted molar refractivity (Wildman–Crippen MR) is 150 cm³/mol. The average Bonchev–Trinajstić information content (AvgIpc) is 2.93. The van der Waals surface area contributed by atoms with E-state index in [1.807, 2.05) is 24.3 Å². The van der Waals surface area contributed by atoms with Crippen LogP contribution in [0.1, 0.15) is 98.7 Å². The van der Waals surface area contributed by atoms with Gasteiger partial charge in [0.05, 0.1) is 4.90 Å². The first-order chi connectivity index (χ1) is 18.0. The molecule has 0 N–H and O–H groups in total. The molecule has 0 aliphatic heterocycles. The van der Waals surface area contributed by atoms with E-state index in [4.69, 9.17) is 4.18 Å². The van der Waals surface area contributed by atoms with Crippen LogP contribution in [0.2, 0.25) is 0 Å². The number of benzene rings is 3. The molecule has 0 heterocycles. The van der Waals surface area contributed by atoms with Gasteiger partial charge in [-0.05, 0) is 30.0 Å². The molecular formula is C32H40O4S. The third-order valence-electron chi connectivity index (χ3n) is 6.66. The summed E-state index contributed by atoms with van der Waals surface area (Å²) in [7, 11) is -4.17. The molecule has 0 bridgehead atoms. The van der Waals surface area contributed by atoms with E-state index in [1.54, 1.807) is 60.7 Å². The van der Waals surface area contributed by atoms with E-state index in [0.717, 1.165) is 18.4 Å². The molecule has 5 heteroatoms. The van der Waals surface area contributed by atoms with E-state index in [0.29, 0.717) is 17.5 Å². The SMILES string of the molecule is CCCCCCCCCCCCc1ccccc1S(=O)(=O)OC(C(=O)c1ccccc1)c1ccccc1. The summed E-state index contributed by atoms with van der Waals surface area (Å²) in [5.41, 5.74) is 1.65. The Labute approximate surface area is 223 Å². The zero-order valence-electron chi connectivity index (χ0n) is 22.0. The van der Waals surface area contributed by atoms with Gasteiger partial charge in [0, 0.05) is 5.56 Å². The lowest BCUT2D eigenvalue weighted by molar-refractivity contribution is 0.0801. The summed E-state index contributed by atoms with van der Waals surface area (Å²) in [6.45, 7) is 2.24. The Kier molecular flexibility index (Phi) is 12.1. The van der Waals surface area contributed by atoms with Crippen LogP contribution in [-0.2, 0) is 20.7 Å². The largest absolute Gasteiger partial charge is 0.298 e. The number of carbonyl (C=O) groups is 1. The lowest BCUT2D eigenvalue weighted by Crippen LogP contribution is -2.21. The van der Waals surface area contributed by atoms with Crippen LogP contribution in [0.3, 0.4) is 0 Å². The van der Waals surface area contributed by atoms with Crippen LogP contribution >= 0.6 is 0 Å². The standard InChI is InChI=1S/C32H40O4S/c1-2-3-4-5-6-7-8-9-10-13-20-27-21-18-19-26-30(27)37(34,35)36-32(29-24-16-12-17-25-29)31(33)28-22-14-11-15-23-28/h11-12,14-19,21-26,32H,2-10,13,20H2,1H3.